The first-order valence-corrected chi connectivity index (χ1v) is 7.28. The van der Waals surface area contributed by atoms with Gasteiger partial charge in [0, 0.05) is 35.2 Å². The maximum absolute atomic E-state index is 8.97. The Bertz CT molecular complexity index is 592. The lowest BCUT2D eigenvalue weighted by atomic mass is 10.2. The maximum atomic E-state index is 8.97. The van der Waals surface area contributed by atoms with Crippen LogP contribution in [0.1, 0.15) is 21.8 Å². The van der Waals surface area contributed by atoms with Gasteiger partial charge in [0.15, 0.2) is 0 Å². The molecule has 0 saturated carbocycles. The first-order valence-electron chi connectivity index (χ1n) is 5.61. The van der Waals surface area contributed by atoms with Crippen LogP contribution in [0.2, 0.25) is 0 Å². The van der Waals surface area contributed by atoms with Crippen LogP contribution in [0.15, 0.2) is 22.0 Å². The van der Waals surface area contributed by atoms with Gasteiger partial charge in [-0.15, -0.1) is 11.3 Å². The molecule has 0 aliphatic carbocycles. The molecule has 0 fully saturated rings. The van der Waals surface area contributed by atoms with Crippen molar-refractivity contribution in [2.75, 3.05) is 0 Å². The summed E-state index contributed by atoms with van der Waals surface area (Å²) in [5, 5.41) is 14.5. The number of thiophene rings is 1. The van der Waals surface area contributed by atoms with E-state index in [4.69, 9.17) is 5.26 Å². The van der Waals surface area contributed by atoms with Crippen molar-refractivity contribution in [2.45, 2.75) is 20.0 Å². The number of nitrogens with zero attached hydrogens (tertiary/aromatic N) is 2. The quantitative estimate of drug-likeness (QED) is 0.937. The van der Waals surface area contributed by atoms with E-state index in [1.54, 1.807) is 11.3 Å². The number of rotatable bonds is 4. The molecule has 2 aromatic heterocycles. The Morgan fingerprint density at radius 2 is 2.28 bits per heavy atom. The monoisotopic (exact) mass is 323 g/mol. The van der Waals surface area contributed by atoms with E-state index in [1.807, 2.05) is 24.6 Å². The summed E-state index contributed by atoms with van der Waals surface area (Å²) in [5.74, 6) is 0. The van der Waals surface area contributed by atoms with Crippen LogP contribution in [0.5, 0.6) is 0 Å². The lowest BCUT2D eigenvalue weighted by Crippen LogP contribution is -2.12. The van der Waals surface area contributed by atoms with Crippen LogP contribution < -0.4 is 5.32 Å². The highest BCUT2D eigenvalue weighted by Gasteiger charge is 2.08. The molecule has 0 saturated heterocycles. The molecule has 94 valence electrons. The van der Waals surface area contributed by atoms with Gasteiger partial charge in [-0.2, -0.15) is 5.26 Å². The molecule has 0 amide bonds. The van der Waals surface area contributed by atoms with Crippen molar-refractivity contribution in [2.24, 2.45) is 7.05 Å². The van der Waals surface area contributed by atoms with Crippen LogP contribution in [-0.2, 0) is 20.1 Å². The van der Waals surface area contributed by atoms with E-state index in [0.29, 0.717) is 5.69 Å². The normalized spacial score (nSPS) is 10.6. The predicted molar refractivity (Wildman–Crippen MR) is 77.4 cm³/mol. The summed E-state index contributed by atoms with van der Waals surface area (Å²) in [6, 6.07) is 6.21. The number of nitrogens with one attached hydrogen (secondary N) is 1. The van der Waals surface area contributed by atoms with Crippen LogP contribution in [-0.4, -0.2) is 4.57 Å². The third kappa shape index (κ3) is 2.66. The molecule has 0 aromatic carbocycles. The van der Waals surface area contributed by atoms with Gasteiger partial charge >= 0.3 is 0 Å². The first-order chi connectivity index (χ1) is 8.63. The van der Waals surface area contributed by atoms with Crippen LogP contribution in [0.3, 0.4) is 0 Å². The van der Waals surface area contributed by atoms with E-state index in [-0.39, 0.29) is 0 Å². The molecule has 0 unspecified atom stereocenters. The van der Waals surface area contributed by atoms with E-state index in [9.17, 15) is 0 Å². The van der Waals surface area contributed by atoms with Gasteiger partial charge in [-0.25, -0.2) is 0 Å². The molecule has 0 spiro atoms. The summed E-state index contributed by atoms with van der Waals surface area (Å²) in [6.45, 7) is 3.67. The maximum Gasteiger partial charge on any atom is 0.120 e. The van der Waals surface area contributed by atoms with Crippen molar-refractivity contribution >= 4 is 27.3 Å². The Labute approximate surface area is 119 Å². The van der Waals surface area contributed by atoms with Crippen LogP contribution in [0.4, 0.5) is 0 Å². The minimum atomic E-state index is 0.710. The van der Waals surface area contributed by atoms with Gasteiger partial charge in [0.25, 0.3) is 0 Å². The van der Waals surface area contributed by atoms with E-state index in [2.05, 4.69) is 38.8 Å². The van der Waals surface area contributed by atoms with Crippen molar-refractivity contribution in [3.63, 3.8) is 0 Å². The second kappa shape index (κ2) is 5.70. The van der Waals surface area contributed by atoms with Gasteiger partial charge < -0.3 is 9.88 Å². The molecule has 2 rings (SSSR count). The van der Waals surface area contributed by atoms with Gasteiger partial charge in [0.2, 0.25) is 0 Å². The molecular formula is C13H14BrN3S. The second-order valence-corrected chi connectivity index (χ2v) is 5.96. The summed E-state index contributed by atoms with van der Waals surface area (Å²) in [7, 11) is 1.92. The topological polar surface area (TPSA) is 40.8 Å². The molecule has 0 aliphatic heterocycles. The number of aromatic nitrogens is 1. The van der Waals surface area contributed by atoms with Crippen LogP contribution in [0, 0.1) is 18.3 Å². The van der Waals surface area contributed by atoms with Gasteiger partial charge in [-0.1, -0.05) is 0 Å². The largest absolute Gasteiger partial charge is 0.340 e. The third-order valence-corrected chi connectivity index (χ3v) is 4.97. The molecule has 0 atom stereocenters. The highest BCUT2D eigenvalue weighted by atomic mass is 79.9. The molecule has 2 aromatic rings. The zero-order chi connectivity index (χ0) is 13.1. The second-order valence-electron chi connectivity index (χ2n) is 4.11. The third-order valence-electron chi connectivity index (χ3n) is 3.05. The van der Waals surface area contributed by atoms with Crippen molar-refractivity contribution < 1.29 is 0 Å². The minimum absolute atomic E-state index is 0.710. The molecule has 3 nitrogen and oxygen atoms in total. The molecule has 1 N–H and O–H groups in total. The summed E-state index contributed by atoms with van der Waals surface area (Å²) < 4.78 is 3.08. The van der Waals surface area contributed by atoms with Crippen LogP contribution >= 0.6 is 27.3 Å². The van der Waals surface area contributed by atoms with E-state index in [0.717, 1.165) is 23.3 Å². The number of hydrogen-bond acceptors (Lipinski definition) is 3. The number of halogens is 1. The zero-order valence-electron chi connectivity index (χ0n) is 10.3. The highest BCUT2D eigenvalue weighted by molar-refractivity contribution is 9.10. The Balaban J connectivity index is 1.99. The first kappa shape index (κ1) is 13.3. The van der Waals surface area contributed by atoms with Crippen LogP contribution in [0.25, 0.3) is 0 Å². The smallest absolute Gasteiger partial charge is 0.120 e. The molecule has 0 aliphatic rings. The molecule has 0 bridgehead atoms. The van der Waals surface area contributed by atoms with Crippen molar-refractivity contribution in [1.29, 1.82) is 5.26 Å². The van der Waals surface area contributed by atoms with Crippen molar-refractivity contribution in [1.82, 2.24) is 9.88 Å². The van der Waals surface area contributed by atoms with E-state index < -0.39 is 0 Å². The fraction of sp³-hybridized carbons (Fsp3) is 0.308. The predicted octanol–water partition coefficient (Wildman–Crippen LogP) is 3.32. The fourth-order valence-corrected chi connectivity index (χ4v) is 3.27. The Morgan fingerprint density at radius 1 is 1.50 bits per heavy atom. The SMILES string of the molecule is Cc1c(CNCc2sccc2Br)cc(C#N)n1C. The summed E-state index contributed by atoms with van der Waals surface area (Å²) in [4.78, 5) is 1.30. The summed E-state index contributed by atoms with van der Waals surface area (Å²) in [6.07, 6.45) is 0. The van der Waals surface area contributed by atoms with Crippen molar-refractivity contribution in [3.8, 4) is 6.07 Å². The molecule has 18 heavy (non-hydrogen) atoms. The van der Waals surface area contributed by atoms with Gasteiger partial charge in [0.05, 0.1) is 0 Å². The Hall–Kier alpha value is -1.09. The van der Waals surface area contributed by atoms with Gasteiger partial charge in [-0.3, -0.25) is 0 Å². The standard InChI is InChI=1S/C13H14BrN3S/c1-9-10(5-11(6-15)17(9)2)7-16-8-13-12(14)3-4-18-13/h3-5,16H,7-8H2,1-2H3. The van der Waals surface area contributed by atoms with E-state index in [1.165, 1.54) is 10.4 Å². The zero-order valence-corrected chi connectivity index (χ0v) is 12.7. The Morgan fingerprint density at radius 3 is 2.83 bits per heavy atom. The lowest BCUT2D eigenvalue weighted by molar-refractivity contribution is 0.693. The molecule has 5 heteroatoms. The Kier molecular flexibility index (Phi) is 4.23. The lowest BCUT2D eigenvalue weighted by Gasteiger charge is -2.04. The van der Waals surface area contributed by atoms with Gasteiger partial charge in [0.1, 0.15) is 11.8 Å². The van der Waals surface area contributed by atoms with Gasteiger partial charge in [-0.05, 0) is 45.9 Å². The molecular weight excluding hydrogens is 310 g/mol. The highest BCUT2D eigenvalue weighted by Crippen LogP contribution is 2.22. The summed E-state index contributed by atoms with van der Waals surface area (Å²) in [5.41, 5.74) is 3.03. The average Bonchev–Trinajstić information content (AvgIpc) is 2.88. The van der Waals surface area contributed by atoms with E-state index >= 15 is 0 Å². The number of nitriles is 1. The average molecular weight is 324 g/mol. The summed E-state index contributed by atoms with van der Waals surface area (Å²) >= 11 is 5.25. The molecule has 0 radical (unpaired) electrons. The molecule has 2 heterocycles. The fourth-order valence-electron chi connectivity index (χ4n) is 1.81. The van der Waals surface area contributed by atoms with Crippen molar-refractivity contribution in [3.05, 3.63) is 43.8 Å². The number of hydrogen-bond donors (Lipinski definition) is 1. The minimum Gasteiger partial charge on any atom is -0.340 e.